The number of fused-ring (bicyclic) bond motifs is 1. The molecule has 0 N–H and O–H groups in total. The molecule has 3 aromatic rings. The van der Waals surface area contributed by atoms with Gasteiger partial charge in [-0.05, 0) is 19.1 Å². The average Bonchev–Trinajstić information content (AvgIpc) is 3.38. The normalized spacial score (nSPS) is 22.0. The van der Waals surface area contributed by atoms with E-state index in [-0.39, 0.29) is 0 Å². The fourth-order valence-corrected chi connectivity index (χ4v) is 3.97. The Morgan fingerprint density at radius 1 is 0.923 bits per heavy atom. The first-order valence-corrected chi connectivity index (χ1v) is 8.88. The molecule has 0 saturated carbocycles. The van der Waals surface area contributed by atoms with Crippen LogP contribution in [0.2, 0.25) is 0 Å². The molecule has 3 aromatic heterocycles. The first kappa shape index (κ1) is 15.2. The third-order valence-corrected chi connectivity index (χ3v) is 5.25. The number of anilines is 2. The Bertz CT molecular complexity index is 895. The second-order valence-corrected chi connectivity index (χ2v) is 7.01. The summed E-state index contributed by atoms with van der Waals surface area (Å²) in [6.07, 6.45) is 7.11. The van der Waals surface area contributed by atoms with Gasteiger partial charge in [-0.15, -0.1) is 0 Å². The predicted octanol–water partition coefficient (Wildman–Crippen LogP) is 1.33. The Morgan fingerprint density at radius 3 is 2.42 bits per heavy atom. The Hall–Kier alpha value is -3.03. The van der Waals surface area contributed by atoms with E-state index in [1.54, 1.807) is 17.2 Å². The van der Waals surface area contributed by atoms with Crippen LogP contribution in [0.4, 0.5) is 11.8 Å². The Kier molecular flexibility index (Phi) is 3.55. The first-order chi connectivity index (χ1) is 12.8. The topological polar surface area (TPSA) is 75.9 Å². The molecule has 0 spiro atoms. The summed E-state index contributed by atoms with van der Waals surface area (Å²) in [5, 5.41) is 4.25. The van der Waals surface area contributed by atoms with Gasteiger partial charge in [0.1, 0.15) is 12.1 Å². The van der Waals surface area contributed by atoms with Crippen LogP contribution in [-0.4, -0.2) is 55.9 Å². The Balaban J connectivity index is 1.31. The van der Waals surface area contributed by atoms with Gasteiger partial charge in [0.05, 0.1) is 0 Å². The first-order valence-electron chi connectivity index (χ1n) is 8.88. The summed E-state index contributed by atoms with van der Waals surface area (Å²) in [7, 11) is 0. The minimum absolute atomic E-state index is 0.613. The zero-order chi connectivity index (χ0) is 17.5. The van der Waals surface area contributed by atoms with Crippen LogP contribution in [0.3, 0.4) is 0 Å². The summed E-state index contributed by atoms with van der Waals surface area (Å²) in [6, 6.07) is 5.84. The molecule has 8 heteroatoms. The predicted molar refractivity (Wildman–Crippen MR) is 97.3 cm³/mol. The summed E-state index contributed by atoms with van der Waals surface area (Å²) in [4.78, 5) is 22.5. The van der Waals surface area contributed by atoms with Crippen molar-refractivity contribution in [3.05, 3.63) is 48.8 Å². The lowest BCUT2D eigenvalue weighted by Crippen LogP contribution is -2.30. The molecule has 2 atom stereocenters. The van der Waals surface area contributed by atoms with E-state index in [1.807, 2.05) is 37.5 Å². The molecular weight excluding hydrogens is 328 g/mol. The van der Waals surface area contributed by atoms with Crippen molar-refractivity contribution in [2.45, 2.75) is 6.92 Å². The summed E-state index contributed by atoms with van der Waals surface area (Å²) in [5.74, 6) is 3.85. The van der Waals surface area contributed by atoms with E-state index in [1.165, 1.54) is 0 Å². The number of hydrogen-bond acceptors (Lipinski definition) is 7. The van der Waals surface area contributed by atoms with E-state index >= 15 is 0 Å². The van der Waals surface area contributed by atoms with E-state index in [2.05, 4.69) is 34.8 Å². The average molecular weight is 348 g/mol. The molecule has 5 heterocycles. The Labute approximate surface area is 151 Å². The van der Waals surface area contributed by atoms with Gasteiger partial charge in [0, 0.05) is 68.4 Å². The highest BCUT2D eigenvalue weighted by molar-refractivity contribution is 5.46. The molecule has 132 valence electrons. The lowest BCUT2D eigenvalue weighted by Gasteiger charge is -2.22. The molecule has 0 aliphatic carbocycles. The minimum Gasteiger partial charge on any atom is -0.356 e. The van der Waals surface area contributed by atoms with Crippen LogP contribution in [0.15, 0.2) is 43.1 Å². The zero-order valence-corrected chi connectivity index (χ0v) is 14.6. The molecule has 0 aromatic carbocycles. The monoisotopic (exact) mass is 348 g/mol. The van der Waals surface area contributed by atoms with Gasteiger partial charge in [0.2, 0.25) is 5.95 Å². The molecule has 0 radical (unpaired) electrons. The van der Waals surface area contributed by atoms with E-state index in [0.29, 0.717) is 11.8 Å². The number of nitrogens with zero attached hydrogens (tertiary/aromatic N) is 8. The highest BCUT2D eigenvalue weighted by Crippen LogP contribution is 2.34. The second kappa shape index (κ2) is 6.05. The maximum absolute atomic E-state index is 4.57. The lowest BCUT2D eigenvalue weighted by molar-refractivity contribution is 0.533. The number of hydrogen-bond donors (Lipinski definition) is 0. The molecule has 0 amide bonds. The van der Waals surface area contributed by atoms with Gasteiger partial charge in [-0.25, -0.2) is 24.6 Å². The smallest absolute Gasteiger partial charge is 0.225 e. The third-order valence-electron chi connectivity index (χ3n) is 5.25. The van der Waals surface area contributed by atoms with Gasteiger partial charge >= 0.3 is 0 Å². The Morgan fingerprint density at radius 2 is 1.69 bits per heavy atom. The van der Waals surface area contributed by atoms with E-state index in [4.69, 9.17) is 0 Å². The van der Waals surface area contributed by atoms with Gasteiger partial charge in [0.15, 0.2) is 5.82 Å². The highest BCUT2D eigenvalue weighted by atomic mass is 15.3. The van der Waals surface area contributed by atoms with Gasteiger partial charge in [-0.3, -0.25) is 0 Å². The van der Waals surface area contributed by atoms with Gasteiger partial charge in [-0.1, -0.05) is 0 Å². The highest BCUT2D eigenvalue weighted by Gasteiger charge is 2.41. The lowest BCUT2D eigenvalue weighted by atomic mass is 10.0. The number of rotatable bonds is 3. The van der Waals surface area contributed by atoms with Crippen molar-refractivity contribution >= 4 is 11.8 Å². The van der Waals surface area contributed by atoms with Crippen molar-refractivity contribution in [2.75, 3.05) is 36.0 Å². The fraction of sp³-hybridized carbons (Fsp3) is 0.389. The molecule has 2 unspecified atom stereocenters. The molecule has 2 aliphatic rings. The molecule has 2 aliphatic heterocycles. The number of aryl methyl sites for hydroxylation is 1. The fourth-order valence-electron chi connectivity index (χ4n) is 3.97. The van der Waals surface area contributed by atoms with Gasteiger partial charge in [-0.2, -0.15) is 5.10 Å². The van der Waals surface area contributed by atoms with Crippen LogP contribution in [0.25, 0.3) is 5.82 Å². The summed E-state index contributed by atoms with van der Waals surface area (Å²) < 4.78 is 1.76. The van der Waals surface area contributed by atoms with Gasteiger partial charge < -0.3 is 9.80 Å². The summed E-state index contributed by atoms with van der Waals surface area (Å²) >= 11 is 0. The quantitative estimate of drug-likeness (QED) is 0.707. The molecule has 8 nitrogen and oxygen atoms in total. The standard InChI is InChI=1S/C18H20N8/c1-13-3-5-19-18(23-13)25-10-14-8-24(9-15(14)11-25)16-7-17(21-12-20-16)26-6-2-4-22-26/h2-7,12,14-15H,8-11H2,1H3. The molecule has 5 rings (SSSR count). The summed E-state index contributed by atoms with van der Waals surface area (Å²) in [6.45, 7) is 6.02. The van der Waals surface area contributed by atoms with E-state index in [9.17, 15) is 0 Å². The molecule has 2 fully saturated rings. The maximum atomic E-state index is 4.57. The summed E-state index contributed by atoms with van der Waals surface area (Å²) in [5.41, 5.74) is 1.01. The number of aromatic nitrogens is 6. The van der Waals surface area contributed by atoms with Crippen molar-refractivity contribution in [1.29, 1.82) is 0 Å². The largest absolute Gasteiger partial charge is 0.356 e. The molecule has 2 saturated heterocycles. The van der Waals surface area contributed by atoms with Crippen LogP contribution in [-0.2, 0) is 0 Å². The van der Waals surface area contributed by atoms with Crippen LogP contribution in [0, 0.1) is 18.8 Å². The SMILES string of the molecule is Cc1ccnc(N2CC3CN(c4cc(-n5cccn5)ncn4)CC3C2)n1. The molecule has 0 bridgehead atoms. The molecule has 26 heavy (non-hydrogen) atoms. The van der Waals surface area contributed by atoms with Crippen molar-refractivity contribution in [3.8, 4) is 5.82 Å². The van der Waals surface area contributed by atoms with E-state index in [0.717, 1.165) is 49.5 Å². The van der Waals surface area contributed by atoms with Crippen molar-refractivity contribution in [2.24, 2.45) is 11.8 Å². The maximum Gasteiger partial charge on any atom is 0.225 e. The third kappa shape index (κ3) is 2.67. The molecular formula is C18H20N8. The van der Waals surface area contributed by atoms with Crippen LogP contribution in [0.1, 0.15) is 5.69 Å². The van der Waals surface area contributed by atoms with Crippen molar-refractivity contribution in [1.82, 2.24) is 29.7 Å². The van der Waals surface area contributed by atoms with Crippen LogP contribution < -0.4 is 9.80 Å². The van der Waals surface area contributed by atoms with Gasteiger partial charge in [0.25, 0.3) is 0 Å². The minimum atomic E-state index is 0.613. The zero-order valence-electron chi connectivity index (χ0n) is 14.6. The second-order valence-electron chi connectivity index (χ2n) is 7.01. The van der Waals surface area contributed by atoms with Crippen molar-refractivity contribution < 1.29 is 0 Å². The van der Waals surface area contributed by atoms with Crippen LogP contribution in [0.5, 0.6) is 0 Å². The van der Waals surface area contributed by atoms with E-state index < -0.39 is 0 Å². The van der Waals surface area contributed by atoms with Crippen molar-refractivity contribution in [3.63, 3.8) is 0 Å². The van der Waals surface area contributed by atoms with Crippen LogP contribution >= 0.6 is 0 Å².